The molecule has 1 atom stereocenters. The smallest absolute Gasteiger partial charge is 0.294 e. The lowest BCUT2D eigenvalue weighted by atomic mass is 10.1. The second kappa shape index (κ2) is 8.10. The maximum absolute atomic E-state index is 13.2. The van der Waals surface area contributed by atoms with Crippen LogP contribution in [0.2, 0.25) is 0 Å². The number of nitrogens with zero attached hydrogens (tertiary/aromatic N) is 3. The zero-order valence-electron chi connectivity index (χ0n) is 15.0. The molecule has 1 aromatic heterocycles. The Hall–Kier alpha value is -1.38. The first-order chi connectivity index (χ1) is 12.5. The number of benzene rings is 1. The zero-order chi connectivity index (χ0) is 18.8. The molecule has 0 N–H and O–H groups in total. The van der Waals surface area contributed by atoms with Crippen LogP contribution in [0.3, 0.4) is 0 Å². The van der Waals surface area contributed by atoms with Crippen molar-refractivity contribution >= 4 is 43.4 Å². The lowest BCUT2D eigenvalue weighted by molar-refractivity contribution is 0.151. The minimum Gasteiger partial charge on any atom is -0.497 e. The van der Waals surface area contributed by atoms with Crippen molar-refractivity contribution in [3.8, 4) is 5.75 Å². The van der Waals surface area contributed by atoms with Crippen LogP contribution >= 0.6 is 31.9 Å². The highest BCUT2D eigenvalue weighted by molar-refractivity contribution is 9.10. The van der Waals surface area contributed by atoms with Crippen molar-refractivity contribution in [1.29, 1.82) is 0 Å². The molecule has 0 aliphatic carbocycles. The summed E-state index contributed by atoms with van der Waals surface area (Å²) in [6.45, 7) is 3.21. The maximum atomic E-state index is 13.2. The Bertz CT molecular complexity index is 869. The van der Waals surface area contributed by atoms with E-state index in [9.17, 15) is 4.79 Å². The molecule has 0 fully saturated rings. The molecule has 0 saturated carbocycles. The van der Waals surface area contributed by atoms with E-state index in [1.54, 1.807) is 25.0 Å². The molecule has 140 valence electrons. The Balaban J connectivity index is 2.10. The van der Waals surface area contributed by atoms with Gasteiger partial charge in [0, 0.05) is 24.3 Å². The number of hydrogen-bond donors (Lipinski definition) is 0. The number of anilines is 2. The van der Waals surface area contributed by atoms with Crippen LogP contribution in [-0.4, -0.2) is 36.9 Å². The Morgan fingerprint density at radius 3 is 2.73 bits per heavy atom. The van der Waals surface area contributed by atoms with Gasteiger partial charge in [0.05, 0.1) is 25.4 Å². The molecule has 2 heterocycles. The van der Waals surface area contributed by atoms with Gasteiger partial charge in [0.2, 0.25) is 5.82 Å². The predicted molar refractivity (Wildman–Crippen MR) is 109 cm³/mol. The molecule has 0 saturated heterocycles. The van der Waals surface area contributed by atoms with Crippen LogP contribution in [0, 0.1) is 0 Å². The van der Waals surface area contributed by atoms with Gasteiger partial charge in [-0.15, -0.1) is 0 Å². The average molecular weight is 487 g/mol. The highest BCUT2D eigenvalue weighted by atomic mass is 79.9. The standard InChI is InChI=1S/C18H21Br2N3O3/c1-4-12(10-25-2)23-9-15(20)21-17(18(23)24)22-6-5-11-7-13(26-3)8-14(19)16(11)22/h7-9,12H,4-6,10H2,1-3H3. The molecule has 6 nitrogen and oxygen atoms in total. The normalized spacial score (nSPS) is 14.4. The van der Waals surface area contributed by atoms with Gasteiger partial charge >= 0.3 is 0 Å². The first-order valence-corrected chi connectivity index (χ1v) is 10.00. The number of methoxy groups -OCH3 is 2. The molecule has 3 rings (SSSR count). The van der Waals surface area contributed by atoms with E-state index in [1.807, 2.05) is 24.0 Å². The van der Waals surface area contributed by atoms with Crippen molar-refractivity contribution in [2.24, 2.45) is 0 Å². The first kappa shape index (κ1) is 19.4. The SMILES string of the molecule is CCC(COC)n1cc(Br)nc(N2CCc3cc(OC)cc(Br)c32)c1=O. The third-order valence-electron chi connectivity index (χ3n) is 4.59. The summed E-state index contributed by atoms with van der Waals surface area (Å²) in [7, 11) is 3.29. The predicted octanol–water partition coefficient (Wildman–Crippen LogP) is 4.07. The fourth-order valence-electron chi connectivity index (χ4n) is 3.30. The van der Waals surface area contributed by atoms with Crippen LogP contribution in [0.15, 0.2) is 32.2 Å². The molecule has 1 aromatic carbocycles. The van der Waals surface area contributed by atoms with Gasteiger partial charge in [0.1, 0.15) is 10.4 Å². The summed E-state index contributed by atoms with van der Waals surface area (Å²) in [4.78, 5) is 19.6. The molecule has 8 heteroatoms. The van der Waals surface area contributed by atoms with Gasteiger partial charge in [-0.2, -0.15) is 0 Å². The number of ether oxygens (including phenoxy) is 2. The van der Waals surface area contributed by atoms with Crippen molar-refractivity contribution in [2.45, 2.75) is 25.8 Å². The number of fused-ring (bicyclic) bond motifs is 1. The Kier molecular flexibility index (Phi) is 6.04. The molecule has 0 amide bonds. The number of halogens is 2. The minimum atomic E-state index is -0.118. The lowest BCUT2D eigenvalue weighted by Gasteiger charge is -2.23. The topological polar surface area (TPSA) is 56.6 Å². The Labute approximate surface area is 169 Å². The van der Waals surface area contributed by atoms with Gasteiger partial charge in [-0.3, -0.25) is 4.79 Å². The fourth-order valence-corrected chi connectivity index (χ4v) is 4.38. The first-order valence-electron chi connectivity index (χ1n) is 8.41. The van der Waals surface area contributed by atoms with Crippen LogP contribution in [0.4, 0.5) is 11.5 Å². The van der Waals surface area contributed by atoms with E-state index >= 15 is 0 Å². The summed E-state index contributed by atoms with van der Waals surface area (Å²) in [6, 6.07) is 3.89. The zero-order valence-corrected chi connectivity index (χ0v) is 18.1. The summed E-state index contributed by atoms with van der Waals surface area (Å²) in [5.74, 6) is 1.21. The maximum Gasteiger partial charge on any atom is 0.294 e. The molecular weight excluding hydrogens is 466 g/mol. The fraction of sp³-hybridized carbons (Fsp3) is 0.444. The van der Waals surface area contributed by atoms with E-state index in [1.165, 1.54) is 0 Å². The van der Waals surface area contributed by atoms with Gasteiger partial charge in [-0.05, 0) is 62.4 Å². The summed E-state index contributed by atoms with van der Waals surface area (Å²) in [5.41, 5.74) is 1.99. The number of hydrogen-bond acceptors (Lipinski definition) is 5. The molecule has 1 unspecified atom stereocenters. The summed E-state index contributed by atoms with van der Waals surface area (Å²) < 4.78 is 13.9. The van der Waals surface area contributed by atoms with Gasteiger partial charge in [0.15, 0.2) is 0 Å². The third kappa shape index (κ3) is 3.54. The van der Waals surface area contributed by atoms with Crippen molar-refractivity contribution in [2.75, 3.05) is 32.3 Å². The molecular formula is C18H21Br2N3O3. The quantitative estimate of drug-likeness (QED) is 0.616. The average Bonchev–Trinajstić information content (AvgIpc) is 3.05. The van der Waals surface area contributed by atoms with Crippen molar-refractivity contribution in [1.82, 2.24) is 9.55 Å². The van der Waals surface area contributed by atoms with E-state index in [4.69, 9.17) is 9.47 Å². The van der Waals surface area contributed by atoms with Crippen LogP contribution in [-0.2, 0) is 11.2 Å². The van der Waals surface area contributed by atoms with E-state index in [-0.39, 0.29) is 11.6 Å². The van der Waals surface area contributed by atoms with Crippen LogP contribution < -0.4 is 15.2 Å². The van der Waals surface area contributed by atoms with Gasteiger partial charge in [-0.1, -0.05) is 6.92 Å². The Morgan fingerprint density at radius 1 is 1.31 bits per heavy atom. The number of rotatable bonds is 6. The van der Waals surface area contributed by atoms with E-state index in [0.717, 1.165) is 34.3 Å². The van der Waals surface area contributed by atoms with Gasteiger partial charge < -0.3 is 18.9 Å². The van der Waals surface area contributed by atoms with Crippen molar-refractivity contribution in [3.05, 3.63) is 43.3 Å². The second-order valence-corrected chi connectivity index (χ2v) is 7.80. The van der Waals surface area contributed by atoms with Crippen LogP contribution in [0.5, 0.6) is 5.75 Å². The lowest BCUT2D eigenvalue weighted by Crippen LogP contribution is -2.33. The van der Waals surface area contributed by atoms with Crippen LogP contribution in [0.1, 0.15) is 24.9 Å². The summed E-state index contributed by atoms with van der Waals surface area (Å²) in [6.07, 6.45) is 3.36. The molecule has 0 radical (unpaired) electrons. The molecule has 1 aliphatic rings. The van der Waals surface area contributed by atoms with E-state index in [0.29, 0.717) is 23.6 Å². The van der Waals surface area contributed by atoms with Gasteiger partial charge in [-0.25, -0.2) is 4.98 Å². The van der Waals surface area contributed by atoms with E-state index < -0.39 is 0 Å². The molecule has 0 bridgehead atoms. The monoisotopic (exact) mass is 485 g/mol. The van der Waals surface area contributed by atoms with E-state index in [2.05, 4.69) is 36.8 Å². The molecule has 0 spiro atoms. The molecule has 2 aromatic rings. The second-order valence-electron chi connectivity index (χ2n) is 6.14. The highest BCUT2D eigenvalue weighted by Gasteiger charge is 2.28. The largest absolute Gasteiger partial charge is 0.497 e. The van der Waals surface area contributed by atoms with Crippen LogP contribution in [0.25, 0.3) is 0 Å². The Morgan fingerprint density at radius 2 is 2.08 bits per heavy atom. The highest BCUT2D eigenvalue weighted by Crippen LogP contribution is 2.41. The summed E-state index contributed by atoms with van der Waals surface area (Å²) >= 11 is 7.07. The number of aromatic nitrogens is 2. The summed E-state index contributed by atoms with van der Waals surface area (Å²) in [5, 5.41) is 0. The minimum absolute atomic E-state index is 0.0352. The third-order valence-corrected chi connectivity index (χ3v) is 5.58. The molecule has 26 heavy (non-hydrogen) atoms. The van der Waals surface area contributed by atoms with Crippen molar-refractivity contribution in [3.63, 3.8) is 0 Å². The van der Waals surface area contributed by atoms with Crippen molar-refractivity contribution < 1.29 is 9.47 Å². The van der Waals surface area contributed by atoms with Gasteiger partial charge in [0.25, 0.3) is 5.56 Å². The molecule has 1 aliphatic heterocycles.